The highest BCUT2D eigenvalue weighted by Crippen LogP contribution is 2.27. The molecule has 9 heteroatoms. The van der Waals surface area contributed by atoms with Crippen molar-refractivity contribution >= 4 is 10.1 Å². The van der Waals surface area contributed by atoms with Crippen molar-refractivity contribution in [2.45, 2.75) is 48.4 Å². The van der Waals surface area contributed by atoms with Crippen LogP contribution in [0, 0.1) is 6.92 Å². The Labute approximate surface area is 127 Å². The molecule has 0 aromatic heterocycles. The van der Waals surface area contributed by atoms with Gasteiger partial charge in [-0.3, -0.25) is 4.18 Å². The molecule has 2 rings (SSSR count). The highest BCUT2D eigenvalue weighted by Gasteiger charge is 2.50. The SMILES string of the molecule is Cc1ccc(S(=O)(=O)OC2[C@@H](O)[C@H](O)C(O)[C@H](O)[C@@H]2O)cc1. The number of hydrogen-bond donors (Lipinski definition) is 5. The Hall–Kier alpha value is -1.07. The molecule has 2 unspecified atom stereocenters. The minimum atomic E-state index is -4.33. The van der Waals surface area contributed by atoms with Crippen molar-refractivity contribution in [3.8, 4) is 0 Å². The van der Waals surface area contributed by atoms with Crippen LogP contribution in [-0.2, 0) is 14.3 Å². The molecule has 22 heavy (non-hydrogen) atoms. The molecule has 0 spiro atoms. The van der Waals surface area contributed by atoms with Gasteiger partial charge in [-0.1, -0.05) is 17.7 Å². The van der Waals surface area contributed by atoms with Gasteiger partial charge in [-0.15, -0.1) is 0 Å². The molecule has 124 valence electrons. The maximum absolute atomic E-state index is 12.1. The molecule has 8 nitrogen and oxygen atoms in total. The van der Waals surface area contributed by atoms with Crippen molar-refractivity contribution < 1.29 is 38.1 Å². The van der Waals surface area contributed by atoms with Crippen LogP contribution in [0.25, 0.3) is 0 Å². The summed E-state index contributed by atoms with van der Waals surface area (Å²) in [5.41, 5.74) is 0.825. The third-order valence-electron chi connectivity index (χ3n) is 3.62. The number of benzene rings is 1. The normalized spacial score (nSPS) is 36.3. The summed E-state index contributed by atoms with van der Waals surface area (Å²) in [6.07, 6.45) is -11.1. The van der Waals surface area contributed by atoms with E-state index in [9.17, 15) is 34.0 Å². The zero-order valence-electron chi connectivity index (χ0n) is 11.6. The highest BCUT2D eigenvalue weighted by molar-refractivity contribution is 7.86. The van der Waals surface area contributed by atoms with Crippen LogP contribution >= 0.6 is 0 Å². The van der Waals surface area contributed by atoms with Crippen molar-refractivity contribution in [1.29, 1.82) is 0 Å². The zero-order valence-corrected chi connectivity index (χ0v) is 12.5. The quantitative estimate of drug-likeness (QED) is 0.395. The van der Waals surface area contributed by atoms with E-state index in [1.165, 1.54) is 24.3 Å². The first-order chi connectivity index (χ1) is 10.1. The molecule has 0 saturated heterocycles. The average Bonchev–Trinajstić information content (AvgIpc) is 2.48. The van der Waals surface area contributed by atoms with Crippen LogP contribution in [0.15, 0.2) is 29.2 Å². The van der Waals surface area contributed by atoms with Crippen LogP contribution in [-0.4, -0.2) is 70.6 Å². The third-order valence-corrected chi connectivity index (χ3v) is 4.95. The van der Waals surface area contributed by atoms with Gasteiger partial charge in [0.15, 0.2) is 0 Å². The second kappa shape index (κ2) is 6.20. The van der Waals surface area contributed by atoms with Crippen molar-refractivity contribution in [2.24, 2.45) is 0 Å². The predicted octanol–water partition coefficient (Wildman–Crippen LogP) is -2.11. The largest absolute Gasteiger partial charge is 0.387 e. The van der Waals surface area contributed by atoms with Crippen LogP contribution in [0.2, 0.25) is 0 Å². The van der Waals surface area contributed by atoms with Gasteiger partial charge in [0.05, 0.1) is 4.90 Å². The molecule has 0 bridgehead atoms. The molecule has 1 aromatic rings. The maximum Gasteiger partial charge on any atom is 0.297 e. The lowest BCUT2D eigenvalue weighted by atomic mass is 9.85. The maximum atomic E-state index is 12.1. The van der Waals surface area contributed by atoms with E-state index in [0.717, 1.165) is 5.56 Å². The molecule has 1 saturated carbocycles. The molecule has 1 aliphatic carbocycles. The standard InChI is InChI=1S/C13H18O8S/c1-6-2-4-7(5-3-6)22(19,20)21-13-11(17)9(15)8(14)10(16)12(13)18/h2-5,8-18H,1H3/t8?,9-,10+,11-,12-,13?/m0/s1. The Bertz CT molecular complexity index is 597. The topological polar surface area (TPSA) is 145 Å². The van der Waals surface area contributed by atoms with Crippen molar-refractivity contribution in [1.82, 2.24) is 0 Å². The number of aliphatic hydroxyl groups excluding tert-OH is 5. The van der Waals surface area contributed by atoms with Crippen LogP contribution in [0.5, 0.6) is 0 Å². The number of aryl methyl sites for hydroxylation is 1. The Balaban J connectivity index is 2.26. The Morgan fingerprint density at radius 2 is 1.23 bits per heavy atom. The summed E-state index contributed by atoms with van der Waals surface area (Å²) in [4.78, 5) is -0.201. The number of hydrogen-bond acceptors (Lipinski definition) is 8. The molecule has 0 aliphatic heterocycles. The molecule has 1 fully saturated rings. The molecule has 0 heterocycles. The fourth-order valence-corrected chi connectivity index (χ4v) is 3.32. The van der Waals surface area contributed by atoms with E-state index in [4.69, 9.17) is 4.18 Å². The lowest BCUT2D eigenvalue weighted by Crippen LogP contribution is -2.64. The first kappa shape index (κ1) is 17.3. The Morgan fingerprint density at radius 3 is 1.68 bits per heavy atom. The van der Waals surface area contributed by atoms with E-state index in [2.05, 4.69) is 0 Å². The van der Waals surface area contributed by atoms with E-state index in [1.54, 1.807) is 6.92 Å². The van der Waals surface area contributed by atoms with Gasteiger partial charge in [-0.25, -0.2) is 0 Å². The van der Waals surface area contributed by atoms with Gasteiger partial charge in [0, 0.05) is 0 Å². The molecular formula is C13H18O8S. The second-order valence-corrected chi connectivity index (χ2v) is 6.85. The van der Waals surface area contributed by atoms with Crippen LogP contribution in [0.1, 0.15) is 5.56 Å². The third kappa shape index (κ3) is 3.15. The predicted molar refractivity (Wildman–Crippen MR) is 73.3 cm³/mol. The van der Waals surface area contributed by atoms with Gasteiger partial charge in [-0.2, -0.15) is 8.42 Å². The van der Waals surface area contributed by atoms with Crippen LogP contribution in [0.4, 0.5) is 0 Å². The van der Waals surface area contributed by atoms with Gasteiger partial charge in [0.1, 0.15) is 36.6 Å². The molecule has 6 atom stereocenters. The number of rotatable bonds is 3. The minimum Gasteiger partial charge on any atom is -0.387 e. The van der Waals surface area contributed by atoms with E-state index in [1.807, 2.05) is 0 Å². The van der Waals surface area contributed by atoms with E-state index < -0.39 is 46.7 Å². The summed E-state index contributed by atoms with van der Waals surface area (Å²) < 4.78 is 29.0. The molecule has 0 radical (unpaired) electrons. The lowest BCUT2D eigenvalue weighted by Gasteiger charge is -2.40. The van der Waals surface area contributed by atoms with E-state index in [0.29, 0.717) is 0 Å². The summed E-state index contributed by atoms with van der Waals surface area (Å²) in [5.74, 6) is 0. The van der Waals surface area contributed by atoms with E-state index in [-0.39, 0.29) is 4.90 Å². The molecular weight excluding hydrogens is 316 g/mol. The Morgan fingerprint density at radius 1 is 0.818 bits per heavy atom. The first-order valence-electron chi connectivity index (χ1n) is 6.55. The van der Waals surface area contributed by atoms with E-state index >= 15 is 0 Å². The van der Waals surface area contributed by atoms with Crippen LogP contribution < -0.4 is 0 Å². The van der Waals surface area contributed by atoms with Crippen LogP contribution in [0.3, 0.4) is 0 Å². The smallest absolute Gasteiger partial charge is 0.297 e. The van der Waals surface area contributed by atoms with Gasteiger partial charge in [-0.05, 0) is 19.1 Å². The van der Waals surface area contributed by atoms with Gasteiger partial charge < -0.3 is 25.5 Å². The highest BCUT2D eigenvalue weighted by atomic mass is 32.2. The first-order valence-corrected chi connectivity index (χ1v) is 7.96. The molecule has 1 aliphatic rings. The van der Waals surface area contributed by atoms with Crippen molar-refractivity contribution in [3.05, 3.63) is 29.8 Å². The number of aliphatic hydroxyl groups is 5. The molecule has 1 aromatic carbocycles. The van der Waals surface area contributed by atoms with Crippen molar-refractivity contribution in [3.63, 3.8) is 0 Å². The fourth-order valence-electron chi connectivity index (χ4n) is 2.22. The average molecular weight is 334 g/mol. The zero-order chi connectivity index (χ0) is 16.7. The monoisotopic (exact) mass is 334 g/mol. The Kier molecular flexibility index (Phi) is 4.87. The minimum absolute atomic E-state index is 0.201. The van der Waals surface area contributed by atoms with Gasteiger partial charge >= 0.3 is 0 Å². The summed E-state index contributed by atoms with van der Waals surface area (Å²) in [6, 6.07) is 5.65. The second-order valence-electron chi connectivity index (χ2n) is 5.28. The summed E-state index contributed by atoms with van der Waals surface area (Å²) in [5, 5.41) is 48.1. The molecule has 0 amide bonds. The lowest BCUT2D eigenvalue weighted by molar-refractivity contribution is -0.216. The summed E-state index contributed by atoms with van der Waals surface area (Å²) in [6.45, 7) is 1.76. The van der Waals surface area contributed by atoms with Gasteiger partial charge in [0.25, 0.3) is 10.1 Å². The van der Waals surface area contributed by atoms with Gasteiger partial charge in [0.2, 0.25) is 0 Å². The van der Waals surface area contributed by atoms with Crippen molar-refractivity contribution in [2.75, 3.05) is 0 Å². The summed E-state index contributed by atoms with van der Waals surface area (Å²) in [7, 11) is -4.33. The summed E-state index contributed by atoms with van der Waals surface area (Å²) >= 11 is 0. The molecule has 5 N–H and O–H groups in total. The fraction of sp³-hybridized carbons (Fsp3) is 0.538.